The summed E-state index contributed by atoms with van der Waals surface area (Å²) in [6, 6.07) is 0. The van der Waals surface area contributed by atoms with Crippen LogP contribution in [-0.4, -0.2) is 17.3 Å². The molecule has 0 radical (unpaired) electrons. The van der Waals surface area contributed by atoms with Gasteiger partial charge in [-0.25, -0.2) is 0 Å². The highest BCUT2D eigenvalue weighted by molar-refractivity contribution is 5.10. The second kappa shape index (κ2) is 7.01. The number of fused-ring (bicyclic) bond motifs is 5. The van der Waals surface area contributed by atoms with E-state index in [-0.39, 0.29) is 5.60 Å². The normalized spacial score (nSPS) is 53.3. The Kier molecular flexibility index (Phi) is 5.25. The molecule has 0 spiro atoms. The fourth-order valence-electron chi connectivity index (χ4n) is 9.15. The van der Waals surface area contributed by atoms with Gasteiger partial charge >= 0.3 is 0 Å². The van der Waals surface area contributed by atoms with Crippen molar-refractivity contribution in [2.75, 3.05) is 6.54 Å². The summed E-state index contributed by atoms with van der Waals surface area (Å²) >= 11 is 0. The van der Waals surface area contributed by atoms with Crippen LogP contribution in [-0.2, 0) is 0 Å². The topological polar surface area (TPSA) is 46.2 Å². The average molecular weight is 376 g/mol. The van der Waals surface area contributed by atoms with E-state index in [9.17, 15) is 5.11 Å². The SMILES string of the molecule is CCC[C@@]1(O)CC[C@@]2(C)[C@H](CC[C@@H]3[C@@H]2CC[C@]2(C)[C@@H](C(C)CN)CC[C@@H]32)C1. The third kappa shape index (κ3) is 3.03. The highest BCUT2D eigenvalue weighted by atomic mass is 16.3. The molecule has 0 saturated heterocycles. The van der Waals surface area contributed by atoms with Gasteiger partial charge in [-0.1, -0.05) is 34.1 Å². The molecule has 4 rings (SSSR count). The maximum atomic E-state index is 11.1. The highest BCUT2D eigenvalue weighted by Gasteiger charge is 2.61. The molecule has 0 aliphatic heterocycles. The van der Waals surface area contributed by atoms with Crippen LogP contribution < -0.4 is 5.73 Å². The number of hydrogen-bond donors (Lipinski definition) is 2. The van der Waals surface area contributed by atoms with Gasteiger partial charge in [0, 0.05) is 0 Å². The smallest absolute Gasteiger partial charge is 0.0650 e. The fourth-order valence-corrected chi connectivity index (χ4v) is 9.15. The van der Waals surface area contributed by atoms with Crippen LogP contribution in [0.5, 0.6) is 0 Å². The van der Waals surface area contributed by atoms with Crippen LogP contribution in [0.25, 0.3) is 0 Å². The number of hydrogen-bond acceptors (Lipinski definition) is 2. The third-order valence-corrected chi connectivity index (χ3v) is 10.7. The summed E-state index contributed by atoms with van der Waals surface area (Å²) in [4.78, 5) is 0. The molecule has 2 nitrogen and oxygen atoms in total. The molecule has 0 aromatic rings. The van der Waals surface area contributed by atoms with Gasteiger partial charge in [0.1, 0.15) is 0 Å². The molecule has 0 bridgehead atoms. The number of nitrogens with two attached hydrogens (primary N) is 1. The first kappa shape index (κ1) is 20.2. The molecule has 4 fully saturated rings. The van der Waals surface area contributed by atoms with Gasteiger partial charge in [0.25, 0.3) is 0 Å². The highest BCUT2D eigenvalue weighted by Crippen LogP contribution is 2.68. The molecule has 3 N–H and O–H groups in total. The van der Waals surface area contributed by atoms with Crippen LogP contribution >= 0.6 is 0 Å². The second-order valence-corrected chi connectivity index (χ2v) is 11.8. The minimum Gasteiger partial charge on any atom is -0.390 e. The molecule has 1 unspecified atom stereocenters. The molecule has 0 aromatic carbocycles. The second-order valence-electron chi connectivity index (χ2n) is 11.8. The van der Waals surface area contributed by atoms with Crippen molar-refractivity contribution >= 4 is 0 Å². The molecule has 156 valence electrons. The maximum Gasteiger partial charge on any atom is 0.0650 e. The van der Waals surface area contributed by atoms with E-state index >= 15 is 0 Å². The molecule has 9 atom stereocenters. The van der Waals surface area contributed by atoms with Crippen LogP contribution in [0.3, 0.4) is 0 Å². The maximum absolute atomic E-state index is 11.1. The van der Waals surface area contributed by atoms with E-state index in [2.05, 4.69) is 27.7 Å². The lowest BCUT2D eigenvalue weighted by Gasteiger charge is -2.62. The van der Waals surface area contributed by atoms with Crippen molar-refractivity contribution in [1.29, 1.82) is 0 Å². The fraction of sp³-hybridized carbons (Fsp3) is 1.00. The van der Waals surface area contributed by atoms with Crippen LogP contribution in [0.1, 0.15) is 98.3 Å². The molecule has 2 heteroatoms. The van der Waals surface area contributed by atoms with E-state index < -0.39 is 0 Å². The van der Waals surface area contributed by atoms with E-state index in [1.807, 2.05) is 0 Å². The van der Waals surface area contributed by atoms with Crippen molar-refractivity contribution in [3.63, 3.8) is 0 Å². The Morgan fingerprint density at radius 2 is 1.70 bits per heavy atom. The predicted molar refractivity (Wildman–Crippen MR) is 113 cm³/mol. The first-order valence-electron chi connectivity index (χ1n) is 12.2. The molecule has 0 heterocycles. The summed E-state index contributed by atoms with van der Waals surface area (Å²) in [6.07, 6.45) is 14.0. The molecule has 0 amide bonds. The zero-order valence-electron chi connectivity index (χ0n) is 18.5. The van der Waals surface area contributed by atoms with Gasteiger partial charge in [-0.15, -0.1) is 0 Å². The van der Waals surface area contributed by atoms with Gasteiger partial charge in [-0.05, 0) is 117 Å². The Balaban J connectivity index is 1.54. The van der Waals surface area contributed by atoms with Crippen molar-refractivity contribution in [2.24, 2.45) is 52.1 Å². The predicted octanol–water partition coefficient (Wildman–Crippen LogP) is 5.77. The molecule has 4 aliphatic rings. The van der Waals surface area contributed by atoms with Crippen molar-refractivity contribution in [2.45, 2.75) is 104 Å². The van der Waals surface area contributed by atoms with E-state index in [4.69, 9.17) is 5.73 Å². The molecular formula is C25H45NO. The van der Waals surface area contributed by atoms with Crippen LogP contribution in [0.4, 0.5) is 0 Å². The zero-order valence-corrected chi connectivity index (χ0v) is 18.5. The van der Waals surface area contributed by atoms with Crippen molar-refractivity contribution in [1.82, 2.24) is 0 Å². The summed E-state index contributed by atoms with van der Waals surface area (Å²) < 4.78 is 0. The minimum absolute atomic E-state index is 0.357. The van der Waals surface area contributed by atoms with Gasteiger partial charge in [0.05, 0.1) is 5.60 Å². The summed E-state index contributed by atoms with van der Waals surface area (Å²) in [6.45, 7) is 10.7. The number of aliphatic hydroxyl groups is 1. The lowest BCUT2D eigenvalue weighted by molar-refractivity contribution is -0.153. The largest absolute Gasteiger partial charge is 0.390 e. The van der Waals surface area contributed by atoms with E-state index in [1.165, 1.54) is 44.9 Å². The molecule has 4 saturated carbocycles. The van der Waals surface area contributed by atoms with Gasteiger partial charge in [0.15, 0.2) is 0 Å². The molecule has 4 aliphatic carbocycles. The summed E-state index contributed by atoms with van der Waals surface area (Å²) in [5, 5.41) is 11.1. The Labute approximate surface area is 168 Å². The van der Waals surface area contributed by atoms with Crippen LogP contribution in [0.2, 0.25) is 0 Å². The third-order valence-electron chi connectivity index (χ3n) is 10.7. The van der Waals surface area contributed by atoms with Gasteiger partial charge in [-0.3, -0.25) is 0 Å². The quantitative estimate of drug-likeness (QED) is 0.655. The van der Waals surface area contributed by atoms with E-state index in [0.29, 0.717) is 16.7 Å². The first-order valence-corrected chi connectivity index (χ1v) is 12.2. The molecule has 27 heavy (non-hydrogen) atoms. The summed E-state index contributed by atoms with van der Waals surface area (Å²) in [5.41, 5.74) is 6.77. The summed E-state index contributed by atoms with van der Waals surface area (Å²) in [7, 11) is 0. The van der Waals surface area contributed by atoms with Crippen LogP contribution in [0.15, 0.2) is 0 Å². The minimum atomic E-state index is -0.357. The van der Waals surface area contributed by atoms with E-state index in [0.717, 1.165) is 61.8 Å². The first-order chi connectivity index (χ1) is 12.8. The average Bonchev–Trinajstić information content (AvgIpc) is 2.99. The summed E-state index contributed by atoms with van der Waals surface area (Å²) in [5.74, 6) is 5.07. The lowest BCUT2D eigenvalue weighted by Crippen LogP contribution is -2.56. The molecular weight excluding hydrogens is 330 g/mol. The Morgan fingerprint density at radius 3 is 2.41 bits per heavy atom. The van der Waals surface area contributed by atoms with Gasteiger partial charge in [-0.2, -0.15) is 0 Å². The monoisotopic (exact) mass is 375 g/mol. The Hall–Kier alpha value is -0.0800. The van der Waals surface area contributed by atoms with Crippen molar-refractivity contribution in [3.8, 4) is 0 Å². The lowest BCUT2D eigenvalue weighted by atomic mass is 9.43. The zero-order chi connectivity index (χ0) is 19.4. The van der Waals surface area contributed by atoms with Crippen LogP contribution in [0, 0.1) is 46.3 Å². The van der Waals surface area contributed by atoms with Gasteiger partial charge in [0.2, 0.25) is 0 Å². The standard InChI is InChI=1S/C25H45NO/c1-5-11-25(27)14-13-23(3)18(15-25)6-7-19-21-9-8-20(17(2)16-26)24(21,4)12-10-22(19)23/h17-22,27H,5-16,26H2,1-4H3/t17?,18-,19+,20-,21+,22+,23+,24-,25-/m1/s1. The van der Waals surface area contributed by atoms with E-state index in [1.54, 1.807) is 0 Å². The van der Waals surface area contributed by atoms with Crippen molar-refractivity contribution < 1.29 is 5.11 Å². The molecule has 0 aromatic heterocycles. The Morgan fingerprint density at radius 1 is 0.963 bits per heavy atom. The Bertz CT molecular complexity index is 548. The number of rotatable bonds is 4. The van der Waals surface area contributed by atoms with Crippen molar-refractivity contribution in [3.05, 3.63) is 0 Å². The van der Waals surface area contributed by atoms with Gasteiger partial charge < -0.3 is 10.8 Å².